The highest BCUT2D eigenvalue weighted by Gasteiger charge is 2.19. The average molecular weight is 275 g/mol. The van der Waals surface area contributed by atoms with E-state index in [1.165, 1.54) is 0 Å². The first-order chi connectivity index (χ1) is 8.66. The molecule has 0 amide bonds. The van der Waals surface area contributed by atoms with E-state index < -0.39 is 13.0 Å². The molecule has 2 rings (SSSR count). The van der Waals surface area contributed by atoms with Crippen LogP contribution in [0.25, 0.3) is 0 Å². The van der Waals surface area contributed by atoms with Crippen molar-refractivity contribution in [1.82, 2.24) is 9.88 Å². The Hall–Kier alpha value is -1.44. The van der Waals surface area contributed by atoms with Gasteiger partial charge >= 0.3 is 0 Å². The minimum absolute atomic E-state index is 0.203. The molecule has 18 heavy (non-hydrogen) atoms. The Morgan fingerprint density at radius 1 is 1.44 bits per heavy atom. The van der Waals surface area contributed by atoms with E-state index in [4.69, 9.17) is 5.73 Å². The Kier molecular flexibility index (Phi) is 4.29. The first-order valence-electron chi connectivity index (χ1n) is 5.64. The van der Waals surface area contributed by atoms with Crippen LogP contribution in [0.4, 0.5) is 13.9 Å². The molecule has 1 aliphatic heterocycles. The van der Waals surface area contributed by atoms with Crippen molar-refractivity contribution >= 4 is 22.4 Å². The highest BCUT2D eigenvalue weighted by Crippen LogP contribution is 2.18. The summed E-state index contributed by atoms with van der Waals surface area (Å²) in [4.78, 5) is 11.9. The number of thiazole rings is 1. The highest BCUT2D eigenvalue weighted by molar-refractivity contribution is 7.13. The normalized spacial score (nSPS) is 17.6. The molecule has 2 N–H and O–H groups in total. The maximum absolute atomic E-state index is 12.0. The van der Waals surface area contributed by atoms with Crippen molar-refractivity contribution in [1.29, 1.82) is 0 Å². The molecule has 0 aliphatic carbocycles. The predicted molar refractivity (Wildman–Crippen MR) is 68.4 cm³/mol. The number of hydrogen-bond acceptors (Lipinski definition) is 4. The minimum Gasteiger partial charge on any atom is -0.370 e. The number of rotatable bonds is 3. The fraction of sp³-hybridized carbons (Fsp3) is 0.600. The van der Waals surface area contributed by atoms with E-state index >= 15 is 0 Å². The molecular formula is C10H15F2N5S. The van der Waals surface area contributed by atoms with E-state index in [0.717, 1.165) is 18.2 Å². The van der Waals surface area contributed by atoms with Gasteiger partial charge < -0.3 is 15.5 Å². The van der Waals surface area contributed by atoms with E-state index in [-0.39, 0.29) is 5.96 Å². The molecule has 0 atom stereocenters. The van der Waals surface area contributed by atoms with E-state index in [0.29, 0.717) is 13.1 Å². The van der Waals surface area contributed by atoms with Crippen LogP contribution < -0.4 is 10.6 Å². The van der Waals surface area contributed by atoms with Gasteiger partial charge in [0.25, 0.3) is 6.43 Å². The number of halogens is 2. The molecule has 100 valence electrons. The molecule has 0 radical (unpaired) electrons. The molecule has 0 saturated carbocycles. The molecule has 0 bridgehead atoms. The van der Waals surface area contributed by atoms with Crippen molar-refractivity contribution in [2.45, 2.75) is 6.43 Å². The third-order valence-electron chi connectivity index (χ3n) is 2.68. The number of anilines is 1. The van der Waals surface area contributed by atoms with E-state index in [2.05, 4.69) is 14.9 Å². The van der Waals surface area contributed by atoms with E-state index in [1.54, 1.807) is 17.5 Å². The van der Waals surface area contributed by atoms with E-state index in [9.17, 15) is 8.78 Å². The molecular weight excluding hydrogens is 260 g/mol. The first kappa shape index (κ1) is 13.0. The average Bonchev–Trinajstić information content (AvgIpc) is 2.90. The molecule has 0 unspecified atom stereocenters. The lowest BCUT2D eigenvalue weighted by atomic mass is 10.3. The quantitative estimate of drug-likeness (QED) is 0.656. The smallest absolute Gasteiger partial charge is 0.257 e. The number of guanidine groups is 1. The second-order valence-electron chi connectivity index (χ2n) is 3.88. The number of piperazine rings is 1. The second-order valence-corrected chi connectivity index (χ2v) is 4.75. The Morgan fingerprint density at radius 2 is 2.17 bits per heavy atom. The Balaban J connectivity index is 1.85. The molecule has 1 aromatic rings. The third kappa shape index (κ3) is 3.28. The van der Waals surface area contributed by atoms with Gasteiger partial charge in [-0.15, -0.1) is 11.3 Å². The molecule has 1 saturated heterocycles. The fourth-order valence-corrected chi connectivity index (χ4v) is 2.46. The largest absolute Gasteiger partial charge is 0.370 e. The molecule has 5 nitrogen and oxygen atoms in total. The zero-order valence-corrected chi connectivity index (χ0v) is 10.6. The summed E-state index contributed by atoms with van der Waals surface area (Å²) < 4.78 is 24.0. The van der Waals surface area contributed by atoms with Gasteiger partial charge in [-0.2, -0.15) is 0 Å². The van der Waals surface area contributed by atoms with Gasteiger partial charge in [0.2, 0.25) is 0 Å². The molecule has 2 heterocycles. The topological polar surface area (TPSA) is 57.8 Å². The van der Waals surface area contributed by atoms with Gasteiger partial charge in [-0.05, 0) is 0 Å². The van der Waals surface area contributed by atoms with Crippen LogP contribution in [0.1, 0.15) is 0 Å². The molecule has 1 aliphatic rings. The van der Waals surface area contributed by atoms with Gasteiger partial charge in [0.05, 0.1) is 0 Å². The second kappa shape index (κ2) is 5.94. The lowest BCUT2D eigenvalue weighted by molar-refractivity contribution is 0.158. The van der Waals surface area contributed by atoms with Crippen LogP contribution in [0.3, 0.4) is 0 Å². The van der Waals surface area contributed by atoms with Gasteiger partial charge in [0.1, 0.15) is 6.54 Å². The number of nitrogens with two attached hydrogens (primary N) is 1. The maximum Gasteiger partial charge on any atom is 0.257 e. The summed E-state index contributed by atoms with van der Waals surface area (Å²) in [5.41, 5.74) is 5.67. The Bertz CT molecular complexity index is 387. The monoisotopic (exact) mass is 275 g/mol. The standard InChI is InChI=1S/C10H15F2N5S/c11-8(12)7-15-9(13)16-2-4-17(5-3-16)10-14-1-6-18-10/h1,6,8H,2-5,7H2,(H2,13,15). The number of aliphatic imine (C=N–C) groups is 1. The van der Waals surface area contributed by atoms with Gasteiger partial charge in [0.15, 0.2) is 11.1 Å². The summed E-state index contributed by atoms with van der Waals surface area (Å²) in [5, 5.41) is 2.91. The summed E-state index contributed by atoms with van der Waals surface area (Å²) in [6.07, 6.45) is -0.676. The lowest BCUT2D eigenvalue weighted by Gasteiger charge is -2.35. The molecule has 0 aromatic carbocycles. The zero-order valence-electron chi connectivity index (χ0n) is 9.80. The van der Waals surface area contributed by atoms with Crippen LogP contribution in [0.15, 0.2) is 16.6 Å². The van der Waals surface area contributed by atoms with Crippen LogP contribution in [0.5, 0.6) is 0 Å². The van der Waals surface area contributed by atoms with Crippen LogP contribution in [-0.2, 0) is 0 Å². The Labute approximate surface area is 108 Å². The van der Waals surface area contributed by atoms with Gasteiger partial charge in [-0.3, -0.25) is 0 Å². The first-order valence-corrected chi connectivity index (χ1v) is 6.52. The van der Waals surface area contributed by atoms with Crippen LogP contribution in [0.2, 0.25) is 0 Å². The zero-order chi connectivity index (χ0) is 13.0. The number of aromatic nitrogens is 1. The predicted octanol–water partition coefficient (Wildman–Crippen LogP) is 0.845. The molecule has 1 aromatic heterocycles. The molecule has 0 spiro atoms. The summed E-state index contributed by atoms with van der Waals surface area (Å²) >= 11 is 1.59. The Morgan fingerprint density at radius 3 is 2.72 bits per heavy atom. The SMILES string of the molecule is NC(=NCC(F)F)N1CCN(c2nccs2)CC1. The summed E-state index contributed by atoms with van der Waals surface area (Å²) in [7, 11) is 0. The van der Waals surface area contributed by atoms with Crippen LogP contribution >= 0.6 is 11.3 Å². The molecule has 8 heteroatoms. The fourth-order valence-electron chi connectivity index (χ4n) is 1.76. The van der Waals surface area contributed by atoms with Crippen molar-refractivity contribution in [3.8, 4) is 0 Å². The number of alkyl halides is 2. The summed E-state index contributed by atoms with van der Waals surface area (Å²) in [6, 6.07) is 0. The van der Waals surface area contributed by atoms with Gasteiger partial charge in [0, 0.05) is 37.8 Å². The summed E-state index contributed by atoms with van der Waals surface area (Å²) in [6.45, 7) is 2.38. The van der Waals surface area contributed by atoms with Gasteiger partial charge in [-0.25, -0.2) is 18.8 Å². The lowest BCUT2D eigenvalue weighted by Crippen LogP contribution is -2.51. The van der Waals surface area contributed by atoms with Crippen molar-refractivity contribution in [3.05, 3.63) is 11.6 Å². The summed E-state index contributed by atoms with van der Waals surface area (Å²) in [5.74, 6) is 0.203. The van der Waals surface area contributed by atoms with E-state index in [1.807, 2.05) is 10.3 Å². The molecule has 1 fully saturated rings. The van der Waals surface area contributed by atoms with Crippen molar-refractivity contribution in [3.63, 3.8) is 0 Å². The van der Waals surface area contributed by atoms with Crippen LogP contribution in [0, 0.1) is 0 Å². The van der Waals surface area contributed by atoms with Crippen molar-refractivity contribution in [2.24, 2.45) is 10.7 Å². The minimum atomic E-state index is -2.44. The number of hydrogen-bond donors (Lipinski definition) is 1. The van der Waals surface area contributed by atoms with Crippen molar-refractivity contribution in [2.75, 3.05) is 37.6 Å². The van der Waals surface area contributed by atoms with Crippen LogP contribution in [-0.4, -0.2) is 55.0 Å². The number of nitrogens with zero attached hydrogens (tertiary/aromatic N) is 4. The van der Waals surface area contributed by atoms with Gasteiger partial charge in [-0.1, -0.05) is 0 Å². The maximum atomic E-state index is 12.0. The van der Waals surface area contributed by atoms with Crippen molar-refractivity contribution < 1.29 is 8.78 Å². The highest BCUT2D eigenvalue weighted by atomic mass is 32.1. The third-order valence-corrected chi connectivity index (χ3v) is 3.52.